The number of carbonyl (C=O) groups excluding carboxylic acids is 1. The van der Waals surface area contributed by atoms with Gasteiger partial charge in [0.1, 0.15) is 0 Å². The predicted molar refractivity (Wildman–Crippen MR) is 127 cm³/mol. The third kappa shape index (κ3) is 7.10. The molecule has 1 N–H and O–H groups in total. The number of rotatable bonds is 9. The second-order valence-electron chi connectivity index (χ2n) is 10.7. The maximum Gasteiger partial charge on any atom is 0.303 e. The van der Waals surface area contributed by atoms with Gasteiger partial charge >= 0.3 is 5.97 Å². The fourth-order valence-corrected chi connectivity index (χ4v) is 4.39. The van der Waals surface area contributed by atoms with Crippen molar-refractivity contribution in [2.24, 2.45) is 11.3 Å². The molecule has 1 aromatic rings. The van der Waals surface area contributed by atoms with Gasteiger partial charge in [-0.1, -0.05) is 65.3 Å². The van der Waals surface area contributed by atoms with E-state index in [1.54, 1.807) is 4.90 Å². The van der Waals surface area contributed by atoms with Gasteiger partial charge in [-0.05, 0) is 59.8 Å². The van der Waals surface area contributed by atoms with Crippen molar-refractivity contribution in [1.82, 2.24) is 4.90 Å². The highest BCUT2D eigenvalue weighted by atomic mass is 35.5. The van der Waals surface area contributed by atoms with Crippen LogP contribution in [0.25, 0.3) is 0 Å². The number of allylic oxidation sites excluding steroid dienone is 1. The van der Waals surface area contributed by atoms with E-state index in [1.165, 1.54) is 5.57 Å². The molecule has 1 heterocycles. The van der Waals surface area contributed by atoms with Gasteiger partial charge in [0.05, 0.1) is 0 Å². The molecule has 172 valence electrons. The summed E-state index contributed by atoms with van der Waals surface area (Å²) < 4.78 is 0. The Kier molecular flexibility index (Phi) is 8.38. The lowest BCUT2D eigenvalue weighted by molar-refractivity contribution is -0.138. The molecule has 1 atom stereocenters. The molecular formula is C26H38ClNO3. The maximum atomic E-state index is 13.0. The van der Waals surface area contributed by atoms with E-state index in [9.17, 15) is 9.59 Å². The Morgan fingerprint density at radius 1 is 1.29 bits per heavy atom. The summed E-state index contributed by atoms with van der Waals surface area (Å²) in [6, 6.07) is 6.29. The number of aliphatic carboxylic acids is 1. The molecular weight excluding hydrogens is 410 g/mol. The molecule has 0 unspecified atom stereocenters. The second-order valence-corrected chi connectivity index (χ2v) is 11.1. The summed E-state index contributed by atoms with van der Waals surface area (Å²) in [7, 11) is 0. The fraction of sp³-hybridized carbons (Fsp3) is 0.615. The summed E-state index contributed by atoms with van der Waals surface area (Å²) in [5.74, 6) is -0.351. The van der Waals surface area contributed by atoms with Gasteiger partial charge in [0.25, 0.3) is 0 Å². The van der Waals surface area contributed by atoms with E-state index in [1.807, 2.05) is 12.3 Å². The van der Waals surface area contributed by atoms with Gasteiger partial charge in [0, 0.05) is 36.0 Å². The molecule has 1 aliphatic rings. The zero-order chi connectivity index (χ0) is 23.4. The average molecular weight is 448 g/mol. The summed E-state index contributed by atoms with van der Waals surface area (Å²) in [4.78, 5) is 25.5. The van der Waals surface area contributed by atoms with Crippen LogP contribution in [-0.4, -0.2) is 28.4 Å². The highest BCUT2D eigenvalue weighted by molar-refractivity contribution is 6.31. The molecule has 0 bridgehead atoms. The Balaban J connectivity index is 2.32. The normalized spacial score (nSPS) is 19.7. The number of carbonyl (C=O) groups is 2. The van der Waals surface area contributed by atoms with Crippen LogP contribution in [0.2, 0.25) is 5.02 Å². The molecule has 2 rings (SSSR count). The minimum atomic E-state index is -0.832. The van der Waals surface area contributed by atoms with Crippen molar-refractivity contribution in [2.75, 3.05) is 6.54 Å². The SMILES string of the molecule is CC(C)CC1=CN(CCCC(=O)O)C(=O)C[C@@]1(C)c1ccc(CCC(C)(C)C)c(Cl)c1. The van der Waals surface area contributed by atoms with Gasteiger partial charge in [-0.15, -0.1) is 0 Å². The van der Waals surface area contributed by atoms with Crippen molar-refractivity contribution < 1.29 is 14.7 Å². The molecule has 5 heteroatoms. The van der Waals surface area contributed by atoms with E-state index in [4.69, 9.17) is 16.7 Å². The highest BCUT2D eigenvalue weighted by Gasteiger charge is 2.39. The number of aryl methyl sites for hydroxylation is 1. The number of hydrogen-bond acceptors (Lipinski definition) is 2. The van der Waals surface area contributed by atoms with E-state index in [0.29, 0.717) is 25.3 Å². The molecule has 0 radical (unpaired) electrons. The van der Waals surface area contributed by atoms with Crippen LogP contribution in [0.4, 0.5) is 0 Å². The molecule has 1 amide bonds. The monoisotopic (exact) mass is 447 g/mol. The maximum absolute atomic E-state index is 13.0. The van der Waals surface area contributed by atoms with E-state index < -0.39 is 11.4 Å². The van der Waals surface area contributed by atoms with Crippen LogP contribution in [0.3, 0.4) is 0 Å². The molecule has 0 aliphatic carbocycles. The van der Waals surface area contributed by atoms with Crippen LogP contribution in [0, 0.1) is 11.3 Å². The van der Waals surface area contributed by atoms with Crippen LogP contribution in [0.1, 0.15) is 84.8 Å². The highest BCUT2D eigenvalue weighted by Crippen LogP contribution is 2.43. The van der Waals surface area contributed by atoms with Gasteiger partial charge < -0.3 is 10.0 Å². The Labute approximate surface area is 192 Å². The van der Waals surface area contributed by atoms with Crippen molar-refractivity contribution in [2.45, 2.75) is 85.5 Å². The van der Waals surface area contributed by atoms with Crippen LogP contribution >= 0.6 is 11.6 Å². The Bertz CT molecular complexity index is 838. The first-order valence-corrected chi connectivity index (χ1v) is 11.7. The van der Waals surface area contributed by atoms with E-state index in [2.05, 4.69) is 53.7 Å². The Hall–Kier alpha value is -1.81. The topological polar surface area (TPSA) is 57.6 Å². The number of carboxylic acid groups (broad SMARTS) is 1. The fourth-order valence-electron chi connectivity index (χ4n) is 4.12. The first kappa shape index (κ1) is 25.5. The number of hydrogen-bond donors (Lipinski definition) is 1. The number of amides is 1. The number of carboxylic acids is 1. The summed E-state index contributed by atoms with van der Waals surface area (Å²) in [6.45, 7) is 13.6. The lowest BCUT2D eigenvalue weighted by Crippen LogP contribution is -2.41. The molecule has 0 fully saturated rings. The molecule has 4 nitrogen and oxygen atoms in total. The first-order chi connectivity index (χ1) is 14.3. The minimum Gasteiger partial charge on any atom is -0.481 e. The largest absolute Gasteiger partial charge is 0.481 e. The average Bonchev–Trinajstić information content (AvgIpc) is 2.63. The standard InChI is InChI=1S/C26H38ClNO3/c1-18(2)14-21-17-28(13-7-8-24(30)31)23(29)16-26(21,6)20-10-9-19(22(27)15-20)11-12-25(3,4)5/h9-10,15,17-18H,7-8,11-14,16H2,1-6H3,(H,30,31)/t26-/m0/s1. The van der Waals surface area contributed by atoms with Crippen molar-refractivity contribution in [1.29, 1.82) is 0 Å². The number of benzene rings is 1. The van der Waals surface area contributed by atoms with Gasteiger partial charge in [0.15, 0.2) is 0 Å². The first-order valence-electron chi connectivity index (χ1n) is 11.3. The molecule has 0 saturated heterocycles. The predicted octanol–water partition coefficient (Wildman–Crippen LogP) is 6.60. The third-order valence-electron chi connectivity index (χ3n) is 6.10. The molecule has 1 aliphatic heterocycles. The number of nitrogens with zero attached hydrogens (tertiary/aromatic N) is 1. The minimum absolute atomic E-state index is 0.0355. The van der Waals surface area contributed by atoms with Crippen molar-refractivity contribution in [3.63, 3.8) is 0 Å². The Morgan fingerprint density at radius 2 is 1.97 bits per heavy atom. The van der Waals surface area contributed by atoms with Gasteiger partial charge in [-0.3, -0.25) is 9.59 Å². The van der Waals surface area contributed by atoms with E-state index >= 15 is 0 Å². The molecule has 0 aromatic heterocycles. The molecule has 1 aromatic carbocycles. The third-order valence-corrected chi connectivity index (χ3v) is 6.45. The Morgan fingerprint density at radius 3 is 2.52 bits per heavy atom. The molecule has 0 spiro atoms. The summed E-state index contributed by atoms with van der Waals surface area (Å²) in [6.07, 6.45) is 5.74. The van der Waals surface area contributed by atoms with Crippen LogP contribution in [-0.2, 0) is 21.4 Å². The second kappa shape index (κ2) is 10.2. The van der Waals surface area contributed by atoms with Crippen LogP contribution < -0.4 is 0 Å². The van der Waals surface area contributed by atoms with E-state index in [-0.39, 0.29) is 17.7 Å². The van der Waals surface area contributed by atoms with Crippen molar-refractivity contribution in [3.05, 3.63) is 46.1 Å². The van der Waals surface area contributed by atoms with E-state index in [0.717, 1.165) is 35.4 Å². The van der Waals surface area contributed by atoms with Gasteiger partial charge in [-0.2, -0.15) is 0 Å². The summed E-state index contributed by atoms with van der Waals surface area (Å²) >= 11 is 6.69. The van der Waals surface area contributed by atoms with Crippen molar-refractivity contribution >= 4 is 23.5 Å². The van der Waals surface area contributed by atoms with Crippen LogP contribution in [0.15, 0.2) is 30.0 Å². The van der Waals surface area contributed by atoms with Crippen molar-refractivity contribution in [3.8, 4) is 0 Å². The molecule has 0 saturated carbocycles. The zero-order valence-electron chi connectivity index (χ0n) is 19.9. The smallest absolute Gasteiger partial charge is 0.303 e. The zero-order valence-corrected chi connectivity index (χ0v) is 20.7. The summed E-state index contributed by atoms with van der Waals surface area (Å²) in [5, 5.41) is 9.68. The van der Waals surface area contributed by atoms with Gasteiger partial charge in [-0.25, -0.2) is 0 Å². The lowest BCUT2D eigenvalue weighted by atomic mass is 9.69. The van der Waals surface area contributed by atoms with Crippen LogP contribution in [0.5, 0.6) is 0 Å². The lowest BCUT2D eigenvalue weighted by Gasteiger charge is -2.40. The quantitative estimate of drug-likeness (QED) is 0.463. The van der Waals surface area contributed by atoms with Gasteiger partial charge in [0.2, 0.25) is 5.91 Å². The molecule has 31 heavy (non-hydrogen) atoms. The number of halogens is 1. The summed E-state index contributed by atoms with van der Waals surface area (Å²) in [5.41, 5.74) is 3.27.